The van der Waals surface area contributed by atoms with Gasteiger partial charge in [0.2, 0.25) is 17.6 Å². The van der Waals surface area contributed by atoms with E-state index in [0.29, 0.717) is 10.7 Å². The van der Waals surface area contributed by atoms with Gasteiger partial charge in [-0.1, -0.05) is 60.1 Å². The first-order valence-electron chi connectivity index (χ1n) is 11.4. The molecule has 3 aromatic rings. The van der Waals surface area contributed by atoms with Crippen molar-refractivity contribution in [2.24, 2.45) is 0 Å². The van der Waals surface area contributed by atoms with Gasteiger partial charge >= 0.3 is 0 Å². The van der Waals surface area contributed by atoms with E-state index in [0.717, 1.165) is 11.1 Å². The van der Waals surface area contributed by atoms with Gasteiger partial charge in [0.25, 0.3) is 5.91 Å². The molecule has 36 heavy (non-hydrogen) atoms. The molecule has 0 aliphatic heterocycles. The van der Waals surface area contributed by atoms with Gasteiger partial charge in [0.05, 0.1) is 18.7 Å². The summed E-state index contributed by atoms with van der Waals surface area (Å²) < 4.78 is 0. The smallest absolute Gasteiger partial charge is 0.289 e. The van der Waals surface area contributed by atoms with Crippen LogP contribution in [0.15, 0.2) is 79.0 Å². The minimum Gasteiger partial charge on any atom is -0.344 e. The zero-order valence-electron chi connectivity index (χ0n) is 19.7. The van der Waals surface area contributed by atoms with Gasteiger partial charge in [0.1, 0.15) is 12.1 Å². The van der Waals surface area contributed by atoms with E-state index in [9.17, 15) is 19.2 Å². The highest BCUT2D eigenvalue weighted by atomic mass is 35.5. The summed E-state index contributed by atoms with van der Waals surface area (Å²) in [6.07, 6.45) is 1.77. The number of hydrogen-bond acceptors (Lipinski definition) is 5. The van der Waals surface area contributed by atoms with Crippen molar-refractivity contribution in [2.45, 2.75) is 38.4 Å². The van der Waals surface area contributed by atoms with Gasteiger partial charge in [-0.15, -0.1) is 0 Å². The van der Waals surface area contributed by atoms with E-state index in [1.807, 2.05) is 6.07 Å². The van der Waals surface area contributed by atoms with Crippen LogP contribution < -0.4 is 16.0 Å². The van der Waals surface area contributed by atoms with Crippen LogP contribution in [0.3, 0.4) is 0 Å². The first-order chi connectivity index (χ1) is 17.3. The number of Topliss-reactive ketones (excluding diaryl/α,β-unsaturated/α-hetero) is 1. The van der Waals surface area contributed by atoms with Crippen LogP contribution in [0.25, 0.3) is 0 Å². The van der Waals surface area contributed by atoms with Crippen LogP contribution >= 0.6 is 11.6 Å². The lowest BCUT2D eigenvalue weighted by molar-refractivity contribution is -0.140. The third-order valence-corrected chi connectivity index (χ3v) is 5.60. The Kier molecular flexibility index (Phi) is 9.71. The molecule has 2 aromatic carbocycles. The number of benzene rings is 2. The molecule has 9 heteroatoms. The molecular formula is C27H27ClN4O4. The number of hydrogen-bond donors (Lipinski definition) is 3. The molecule has 186 valence electrons. The van der Waals surface area contributed by atoms with Gasteiger partial charge in [0.15, 0.2) is 0 Å². The maximum absolute atomic E-state index is 13.0. The highest BCUT2D eigenvalue weighted by Crippen LogP contribution is 2.10. The molecule has 0 aliphatic carbocycles. The van der Waals surface area contributed by atoms with E-state index in [1.165, 1.54) is 6.92 Å². The fraction of sp³-hybridized carbons (Fsp3) is 0.222. The number of aromatic nitrogens is 1. The average molecular weight is 507 g/mol. The van der Waals surface area contributed by atoms with Crippen LogP contribution in [0.5, 0.6) is 0 Å². The summed E-state index contributed by atoms with van der Waals surface area (Å²) >= 11 is 5.87. The predicted molar refractivity (Wildman–Crippen MR) is 136 cm³/mol. The molecule has 0 spiro atoms. The van der Waals surface area contributed by atoms with Gasteiger partial charge in [0, 0.05) is 17.6 Å². The standard InChI is InChI=1S/C27H27ClN4O4/c1-18(31-24(33)16-20-10-12-21(28)13-11-20)26(35)32-23(15-19-7-3-2-4-8-19)25(34)27(36)30-17-22-9-5-6-14-29-22/h2-14,18,23H,15-17H2,1H3,(H,30,36)(H,31,33)(H,32,35)/t18-,23-/m1/s1. The topological polar surface area (TPSA) is 117 Å². The Labute approximate surface area is 214 Å². The Balaban J connectivity index is 1.62. The Morgan fingerprint density at radius 2 is 1.56 bits per heavy atom. The number of pyridine rings is 1. The summed E-state index contributed by atoms with van der Waals surface area (Å²) in [4.78, 5) is 54.9. The van der Waals surface area contributed by atoms with Crippen molar-refractivity contribution in [1.29, 1.82) is 0 Å². The van der Waals surface area contributed by atoms with Gasteiger partial charge in [-0.25, -0.2) is 0 Å². The monoisotopic (exact) mass is 506 g/mol. The molecule has 0 unspecified atom stereocenters. The van der Waals surface area contributed by atoms with Crippen LogP contribution in [0.4, 0.5) is 0 Å². The first kappa shape index (κ1) is 26.6. The summed E-state index contributed by atoms with van der Waals surface area (Å²) in [5.74, 6) is -2.56. The summed E-state index contributed by atoms with van der Waals surface area (Å²) in [5, 5.41) is 8.36. The summed E-state index contributed by atoms with van der Waals surface area (Å²) in [5.41, 5.74) is 2.11. The molecule has 3 amide bonds. The third kappa shape index (κ3) is 8.32. The molecule has 1 aromatic heterocycles. The quantitative estimate of drug-likeness (QED) is 0.345. The molecule has 3 rings (SSSR count). The van der Waals surface area contributed by atoms with E-state index < -0.39 is 29.7 Å². The Hall–Kier alpha value is -4.04. The largest absolute Gasteiger partial charge is 0.344 e. The van der Waals surface area contributed by atoms with Crippen LogP contribution in [0.1, 0.15) is 23.7 Å². The van der Waals surface area contributed by atoms with Gasteiger partial charge < -0.3 is 16.0 Å². The number of nitrogens with one attached hydrogen (secondary N) is 3. The number of carbonyl (C=O) groups excluding carboxylic acids is 4. The molecule has 0 saturated heterocycles. The SMILES string of the molecule is C[C@@H](NC(=O)Cc1ccc(Cl)cc1)C(=O)N[C@H](Cc1ccccc1)C(=O)C(=O)NCc1ccccn1. The predicted octanol–water partition coefficient (Wildman–Crippen LogP) is 2.40. The van der Waals surface area contributed by atoms with Crippen molar-refractivity contribution < 1.29 is 19.2 Å². The van der Waals surface area contributed by atoms with Crippen LogP contribution in [-0.4, -0.2) is 40.6 Å². The average Bonchev–Trinajstić information content (AvgIpc) is 2.88. The van der Waals surface area contributed by atoms with Gasteiger partial charge in [-0.2, -0.15) is 0 Å². The second kappa shape index (κ2) is 13.2. The number of ketones is 1. The zero-order valence-corrected chi connectivity index (χ0v) is 20.5. The van der Waals surface area contributed by atoms with Crippen molar-refractivity contribution in [3.63, 3.8) is 0 Å². The molecule has 0 radical (unpaired) electrons. The molecule has 0 saturated carbocycles. The number of carbonyl (C=O) groups is 4. The highest BCUT2D eigenvalue weighted by molar-refractivity contribution is 6.38. The number of rotatable bonds is 11. The van der Waals surface area contributed by atoms with Crippen molar-refractivity contribution in [3.05, 3.63) is 101 Å². The van der Waals surface area contributed by atoms with Crippen molar-refractivity contribution in [2.75, 3.05) is 0 Å². The number of amides is 3. The maximum atomic E-state index is 13.0. The van der Waals surface area contributed by atoms with Crippen LogP contribution in [0, 0.1) is 0 Å². The molecule has 1 heterocycles. The number of nitrogens with zero attached hydrogens (tertiary/aromatic N) is 1. The molecule has 0 bridgehead atoms. The van der Waals surface area contributed by atoms with Crippen LogP contribution in [-0.2, 0) is 38.6 Å². The normalized spacial score (nSPS) is 12.2. The lowest BCUT2D eigenvalue weighted by Gasteiger charge is -2.21. The van der Waals surface area contributed by atoms with Gasteiger partial charge in [-0.3, -0.25) is 24.2 Å². The van der Waals surface area contributed by atoms with Crippen LogP contribution in [0.2, 0.25) is 5.02 Å². The van der Waals surface area contributed by atoms with Crippen molar-refractivity contribution in [3.8, 4) is 0 Å². The molecule has 3 N–H and O–H groups in total. The number of halogens is 1. The first-order valence-corrected chi connectivity index (χ1v) is 11.8. The fourth-order valence-electron chi connectivity index (χ4n) is 3.42. The molecular weight excluding hydrogens is 480 g/mol. The maximum Gasteiger partial charge on any atom is 0.289 e. The van der Waals surface area contributed by atoms with E-state index in [2.05, 4.69) is 20.9 Å². The fourth-order valence-corrected chi connectivity index (χ4v) is 3.55. The lowest BCUT2D eigenvalue weighted by Crippen LogP contribution is -2.53. The second-order valence-corrected chi connectivity index (χ2v) is 8.65. The second-order valence-electron chi connectivity index (χ2n) is 8.21. The van der Waals surface area contributed by atoms with Crippen molar-refractivity contribution in [1.82, 2.24) is 20.9 Å². The van der Waals surface area contributed by atoms with E-state index >= 15 is 0 Å². The van der Waals surface area contributed by atoms with E-state index in [4.69, 9.17) is 11.6 Å². The van der Waals surface area contributed by atoms with Gasteiger partial charge in [-0.05, 0) is 42.3 Å². The van der Waals surface area contributed by atoms with E-state index in [-0.39, 0.29) is 25.3 Å². The minimum atomic E-state index is -1.11. The molecule has 0 aliphatic rings. The third-order valence-electron chi connectivity index (χ3n) is 5.34. The molecule has 0 fully saturated rings. The summed E-state index contributed by atoms with van der Waals surface area (Å²) in [7, 11) is 0. The Morgan fingerprint density at radius 3 is 2.22 bits per heavy atom. The minimum absolute atomic E-state index is 0.0666. The Bertz CT molecular complexity index is 1190. The Morgan fingerprint density at radius 1 is 0.861 bits per heavy atom. The zero-order chi connectivity index (χ0) is 25.9. The molecule has 2 atom stereocenters. The summed E-state index contributed by atoms with van der Waals surface area (Å²) in [6.45, 7) is 1.59. The van der Waals surface area contributed by atoms with Crippen molar-refractivity contribution >= 4 is 35.1 Å². The highest BCUT2D eigenvalue weighted by Gasteiger charge is 2.29. The van der Waals surface area contributed by atoms with E-state index in [1.54, 1.807) is 72.9 Å². The lowest BCUT2D eigenvalue weighted by atomic mass is 10.0. The molecule has 8 nitrogen and oxygen atoms in total. The summed E-state index contributed by atoms with van der Waals surface area (Å²) in [6, 6.07) is 19.1.